The van der Waals surface area contributed by atoms with Crippen molar-refractivity contribution in [3.63, 3.8) is 0 Å². The molecule has 4 aromatic rings. The lowest BCUT2D eigenvalue weighted by Gasteiger charge is -2.17. The van der Waals surface area contributed by atoms with Crippen molar-refractivity contribution >= 4 is 52.8 Å². The van der Waals surface area contributed by atoms with Crippen molar-refractivity contribution < 1.29 is 28.7 Å². The Morgan fingerprint density at radius 3 is 2.28 bits per heavy atom. The van der Waals surface area contributed by atoms with E-state index in [4.69, 9.17) is 15.2 Å². The van der Waals surface area contributed by atoms with Crippen molar-refractivity contribution in [1.29, 1.82) is 0 Å². The van der Waals surface area contributed by atoms with Gasteiger partial charge in [0.2, 0.25) is 5.91 Å². The first-order chi connectivity index (χ1) is 22.2. The maximum absolute atomic E-state index is 13.6. The summed E-state index contributed by atoms with van der Waals surface area (Å²) in [5.41, 5.74) is 7.37. The van der Waals surface area contributed by atoms with Crippen LogP contribution in [-0.4, -0.2) is 43.1 Å². The molecular formula is C35H34N4O6S. The fourth-order valence-corrected chi connectivity index (χ4v) is 5.40. The van der Waals surface area contributed by atoms with Gasteiger partial charge in [-0.25, -0.2) is 0 Å². The van der Waals surface area contributed by atoms with Gasteiger partial charge in [0.05, 0.1) is 30.7 Å². The molecule has 0 bridgehead atoms. The zero-order valence-corrected chi connectivity index (χ0v) is 26.4. The molecule has 0 saturated carbocycles. The van der Waals surface area contributed by atoms with Crippen LogP contribution in [-0.2, 0) is 9.59 Å². The predicted octanol–water partition coefficient (Wildman–Crippen LogP) is 5.72. The van der Waals surface area contributed by atoms with Crippen LogP contribution in [0.1, 0.15) is 39.6 Å². The number of hydrogen-bond donors (Lipinski definition) is 4. The van der Waals surface area contributed by atoms with Crippen LogP contribution in [0.5, 0.6) is 11.5 Å². The van der Waals surface area contributed by atoms with E-state index in [0.29, 0.717) is 40.4 Å². The number of thioether (sulfide) groups is 1. The normalized spacial score (nSPS) is 11.6. The number of ether oxygens (including phenoxy) is 2. The summed E-state index contributed by atoms with van der Waals surface area (Å²) in [7, 11) is 3.03. The van der Waals surface area contributed by atoms with E-state index in [2.05, 4.69) is 16.0 Å². The SMILES string of the molecule is CCC(Sc1cccc(NC(=O)/C(=C\c2ccc(OC)cc2OC)NC(=O)c2ccccc2)c1)C(=O)Nc1ccccc1C(N)=O. The molecule has 0 radical (unpaired) electrons. The van der Waals surface area contributed by atoms with Gasteiger partial charge >= 0.3 is 0 Å². The Kier molecular flexibility index (Phi) is 11.6. The van der Waals surface area contributed by atoms with Gasteiger partial charge in [-0.05, 0) is 67.1 Å². The minimum Gasteiger partial charge on any atom is -0.497 e. The second kappa shape index (κ2) is 16.0. The molecule has 236 valence electrons. The third kappa shape index (κ3) is 8.76. The molecule has 4 rings (SSSR count). The molecule has 4 aromatic carbocycles. The van der Waals surface area contributed by atoms with Gasteiger partial charge in [0, 0.05) is 27.8 Å². The fraction of sp³-hybridized carbons (Fsp3) is 0.143. The summed E-state index contributed by atoms with van der Waals surface area (Å²) in [6, 6.07) is 27.2. The first kappa shape index (κ1) is 33.3. The molecule has 4 amide bonds. The largest absolute Gasteiger partial charge is 0.497 e. The van der Waals surface area contributed by atoms with E-state index in [1.54, 1.807) is 91.0 Å². The Morgan fingerprint density at radius 1 is 0.848 bits per heavy atom. The molecule has 11 heteroatoms. The van der Waals surface area contributed by atoms with Gasteiger partial charge in [0.1, 0.15) is 17.2 Å². The van der Waals surface area contributed by atoms with Crippen molar-refractivity contribution in [3.8, 4) is 11.5 Å². The molecule has 0 aromatic heterocycles. The number of primary amides is 1. The monoisotopic (exact) mass is 638 g/mol. The summed E-state index contributed by atoms with van der Waals surface area (Å²) >= 11 is 1.31. The summed E-state index contributed by atoms with van der Waals surface area (Å²) < 4.78 is 10.8. The lowest BCUT2D eigenvalue weighted by Crippen LogP contribution is -2.30. The molecule has 0 aliphatic heterocycles. The molecule has 0 aliphatic rings. The highest BCUT2D eigenvalue weighted by molar-refractivity contribution is 8.00. The first-order valence-corrected chi connectivity index (χ1v) is 15.2. The number of nitrogens with two attached hydrogens (primary N) is 1. The van der Waals surface area contributed by atoms with Crippen LogP contribution in [0.25, 0.3) is 6.08 Å². The van der Waals surface area contributed by atoms with Gasteiger partial charge in [-0.1, -0.05) is 43.3 Å². The van der Waals surface area contributed by atoms with Crippen LogP contribution in [0.4, 0.5) is 11.4 Å². The van der Waals surface area contributed by atoms with E-state index in [1.165, 1.54) is 32.1 Å². The molecule has 0 spiro atoms. The molecule has 0 fully saturated rings. The van der Waals surface area contributed by atoms with Gasteiger partial charge < -0.3 is 31.2 Å². The highest BCUT2D eigenvalue weighted by atomic mass is 32.2. The Labute approximate surface area is 271 Å². The van der Waals surface area contributed by atoms with Crippen LogP contribution in [0.3, 0.4) is 0 Å². The number of hydrogen-bond acceptors (Lipinski definition) is 7. The summed E-state index contributed by atoms with van der Waals surface area (Å²) in [5, 5.41) is 7.86. The molecule has 0 heterocycles. The number of rotatable bonds is 13. The predicted molar refractivity (Wildman–Crippen MR) is 180 cm³/mol. The quantitative estimate of drug-likeness (QED) is 0.108. The zero-order chi connectivity index (χ0) is 33.1. The highest BCUT2D eigenvalue weighted by Crippen LogP contribution is 2.30. The lowest BCUT2D eigenvalue weighted by atomic mass is 10.1. The average molecular weight is 639 g/mol. The molecule has 1 unspecified atom stereocenters. The molecule has 0 saturated heterocycles. The Morgan fingerprint density at radius 2 is 1.59 bits per heavy atom. The average Bonchev–Trinajstić information content (AvgIpc) is 3.07. The molecular weight excluding hydrogens is 604 g/mol. The number of anilines is 2. The van der Waals surface area contributed by atoms with Crippen molar-refractivity contribution in [2.45, 2.75) is 23.5 Å². The number of carbonyl (C=O) groups excluding carboxylic acids is 4. The van der Waals surface area contributed by atoms with E-state index in [9.17, 15) is 19.2 Å². The van der Waals surface area contributed by atoms with E-state index in [-0.39, 0.29) is 17.2 Å². The Hall–Kier alpha value is -5.55. The minimum atomic E-state index is -0.640. The number of amides is 4. The summed E-state index contributed by atoms with van der Waals surface area (Å²) in [4.78, 5) is 52.3. The second-order valence-corrected chi connectivity index (χ2v) is 11.2. The van der Waals surface area contributed by atoms with E-state index in [0.717, 1.165) is 4.90 Å². The number of carbonyl (C=O) groups is 4. The number of nitrogens with one attached hydrogen (secondary N) is 3. The van der Waals surface area contributed by atoms with Gasteiger partial charge in [0.15, 0.2) is 0 Å². The zero-order valence-electron chi connectivity index (χ0n) is 25.5. The summed E-state index contributed by atoms with van der Waals surface area (Å²) in [6.45, 7) is 1.88. The Bertz CT molecular complexity index is 1760. The van der Waals surface area contributed by atoms with Crippen LogP contribution in [0.2, 0.25) is 0 Å². The maximum Gasteiger partial charge on any atom is 0.272 e. The van der Waals surface area contributed by atoms with Gasteiger partial charge in [-0.15, -0.1) is 11.8 Å². The molecule has 5 N–H and O–H groups in total. The summed E-state index contributed by atoms with van der Waals surface area (Å²) in [6.07, 6.45) is 2.02. The molecule has 10 nitrogen and oxygen atoms in total. The Balaban J connectivity index is 1.55. The number of methoxy groups -OCH3 is 2. The van der Waals surface area contributed by atoms with E-state index in [1.807, 2.05) is 13.0 Å². The van der Waals surface area contributed by atoms with Gasteiger partial charge in [-0.2, -0.15) is 0 Å². The van der Waals surface area contributed by atoms with Crippen molar-refractivity contribution in [2.75, 3.05) is 24.9 Å². The highest BCUT2D eigenvalue weighted by Gasteiger charge is 2.21. The molecule has 0 aliphatic carbocycles. The first-order valence-electron chi connectivity index (χ1n) is 14.3. The van der Waals surface area contributed by atoms with Crippen molar-refractivity contribution in [3.05, 3.63) is 119 Å². The second-order valence-electron chi connectivity index (χ2n) is 9.88. The third-order valence-corrected chi connectivity index (χ3v) is 8.11. The van der Waals surface area contributed by atoms with Crippen molar-refractivity contribution in [1.82, 2.24) is 5.32 Å². The van der Waals surface area contributed by atoms with Gasteiger partial charge in [0.25, 0.3) is 17.7 Å². The summed E-state index contributed by atoms with van der Waals surface area (Å²) in [5.74, 6) is -0.958. The third-order valence-electron chi connectivity index (χ3n) is 6.75. The topological polar surface area (TPSA) is 149 Å². The molecule has 46 heavy (non-hydrogen) atoms. The smallest absolute Gasteiger partial charge is 0.272 e. The number of benzene rings is 4. The van der Waals surface area contributed by atoms with Crippen LogP contribution in [0, 0.1) is 0 Å². The van der Waals surface area contributed by atoms with Crippen molar-refractivity contribution in [2.24, 2.45) is 5.73 Å². The van der Waals surface area contributed by atoms with Crippen LogP contribution < -0.4 is 31.2 Å². The van der Waals surface area contributed by atoms with E-state index >= 15 is 0 Å². The lowest BCUT2D eigenvalue weighted by molar-refractivity contribution is -0.116. The minimum absolute atomic E-state index is 0.0192. The van der Waals surface area contributed by atoms with Gasteiger partial charge in [-0.3, -0.25) is 19.2 Å². The van der Waals surface area contributed by atoms with Crippen LogP contribution in [0.15, 0.2) is 108 Å². The van der Waals surface area contributed by atoms with Crippen LogP contribution >= 0.6 is 11.8 Å². The maximum atomic E-state index is 13.6. The number of para-hydroxylation sites is 1. The standard InChI is InChI=1S/C35H34N4O6S/c1-4-31(35(43)38-28-16-9-8-15-27(28)32(36)40)46-26-14-10-13-24(20-26)37-34(42)29(39-33(41)22-11-6-5-7-12-22)19-23-17-18-25(44-2)21-30(23)45-3/h5-21,31H,4H2,1-3H3,(H2,36,40)(H,37,42)(H,38,43)(H,39,41)/b29-19+. The fourth-order valence-electron chi connectivity index (χ4n) is 4.39. The molecule has 1 atom stereocenters. The van der Waals surface area contributed by atoms with E-state index < -0.39 is 23.0 Å².